The molecule has 0 saturated heterocycles. The largest absolute Gasteiger partial charge is 0.385 e. The maximum atomic E-state index is 12.3. The van der Waals surface area contributed by atoms with Crippen LogP contribution >= 0.6 is 11.6 Å². The zero-order valence-electron chi connectivity index (χ0n) is 11.0. The van der Waals surface area contributed by atoms with E-state index in [1.54, 1.807) is 31.2 Å². The van der Waals surface area contributed by atoms with Gasteiger partial charge in [-0.05, 0) is 25.1 Å². The fourth-order valence-electron chi connectivity index (χ4n) is 1.57. The van der Waals surface area contributed by atoms with Gasteiger partial charge in [0.1, 0.15) is 0 Å². The molecule has 0 aliphatic carbocycles. The van der Waals surface area contributed by atoms with Crippen LogP contribution in [0.5, 0.6) is 0 Å². The molecule has 0 radical (unpaired) electrons. The van der Waals surface area contributed by atoms with E-state index in [-0.39, 0.29) is 5.91 Å². The third-order valence-electron chi connectivity index (χ3n) is 2.56. The standard InChI is InChI=1S/C13H19ClN2O2/c1-4-15-12-6-5-10(14)9-11(12)13(17)16(2)7-8-18-3/h5-6,9,15H,4,7-8H2,1-3H3. The lowest BCUT2D eigenvalue weighted by atomic mass is 10.1. The molecule has 1 aromatic rings. The number of halogens is 1. The van der Waals surface area contributed by atoms with E-state index in [0.717, 1.165) is 12.2 Å². The number of nitrogens with zero attached hydrogens (tertiary/aromatic N) is 1. The van der Waals surface area contributed by atoms with Crippen molar-refractivity contribution in [3.63, 3.8) is 0 Å². The average Bonchev–Trinajstić information content (AvgIpc) is 2.37. The van der Waals surface area contributed by atoms with Gasteiger partial charge in [0.2, 0.25) is 0 Å². The van der Waals surface area contributed by atoms with E-state index in [1.165, 1.54) is 0 Å². The smallest absolute Gasteiger partial charge is 0.255 e. The summed E-state index contributed by atoms with van der Waals surface area (Å²) in [5.41, 5.74) is 1.39. The second-order valence-electron chi connectivity index (χ2n) is 3.94. The third kappa shape index (κ3) is 3.89. The van der Waals surface area contributed by atoms with E-state index < -0.39 is 0 Å². The number of hydrogen-bond acceptors (Lipinski definition) is 3. The van der Waals surface area contributed by atoms with Gasteiger partial charge in [-0.3, -0.25) is 4.79 Å². The molecule has 0 unspecified atom stereocenters. The first kappa shape index (κ1) is 14.8. The minimum absolute atomic E-state index is 0.0644. The van der Waals surface area contributed by atoms with Crippen LogP contribution in [0, 0.1) is 0 Å². The van der Waals surface area contributed by atoms with Crippen molar-refractivity contribution < 1.29 is 9.53 Å². The van der Waals surface area contributed by atoms with Crippen LogP contribution < -0.4 is 5.32 Å². The van der Waals surface area contributed by atoms with E-state index in [1.807, 2.05) is 13.0 Å². The molecule has 4 nitrogen and oxygen atoms in total. The maximum Gasteiger partial charge on any atom is 0.255 e. The number of amides is 1. The van der Waals surface area contributed by atoms with Gasteiger partial charge in [-0.15, -0.1) is 0 Å². The Morgan fingerprint density at radius 1 is 1.50 bits per heavy atom. The fraction of sp³-hybridized carbons (Fsp3) is 0.462. The zero-order chi connectivity index (χ0) is 13.5. The Morgan fingerprint density at radius 2 is 2.22 bits per heavy atom. The number of benzene rings is 1. The van der Waals surface area contributed by atoms with Gasteiger partial charge in [0.05, 0.1) is 12.2 Å². The van der Waals surface area contributed by atoms with Gasteiger partial charge in [0, 0.05) is 38.0 Å². The predicted molar refractivity (Wildman–Crippen MR) is 74.5 cm³/mol. The van der Waals surface area contributed by atoms with Gasteiger partial charge in [-0.1, -0.05) is 11.6 Å². The molecule has 0 aliphatic heterocycles. The van der Waals surface area contributed by atoms with Crippen molar-refractivity contribution in [3.05, 3.63) is 28.8 Å². The highest BCUT2D eigenvalue weighted by atomic mass is 35.5. The number of anilines is 1. The first-order valence-electron chi connectivity index (χ1n) is 5.88. The summed E-state index contributed by atoms with van der Waals surface area (Å²) in [6.07, 6.45) is 0. The molecule has 1 rings (SSSR count). The quantitative estimate of drug-likeness (QED) is 0.864. The molecule has 1 amide bonds. The van der Waals surface area contributed by atoms with E-state index in [0.29, 0.717) is 23.7 Å². The Morgan fingerprint density at radius 3 is 2.83 bits per heavy atom. The number of methoxy groups -OCH3 is 1. The van der Waals surface area contributed by atoms with E-state index in [4.69, 9.17) is 16.3 Å². The van der Waals surface area contributed by atoms with Gasteiger partial charge in [0.25, 0.3) is 5.91 Å². The monoisotopic (exact) mass is 270 g/mol. The third-order valence-corrected chi connectivity index (χ3v) is 2.79. The second kappa shape index (κ2) is 7.24. The molecule has 0 saturated carbocycles. The maximum absolute atomic E-state index is 12.3. The summed E-state index contributed by atoms with van der Waals surface area (Å²) >= 11 is 5.95. The van der Waals surface area contributed by atoms with Crippen LogP contribution in [0.4, 0.5) is 5.69 Å². The molecule has 0 aromatic heterocycles. The van der Waals surface area contributed by atoms with Crippen molar-refractivity contribution in [3.8, 4) is 0 Å². The lowest BCUT2D eigenvalue weighted by molar-refractivity contribution is 0.0745. The van der Waals surface area contributed by atoms with Gasteiger partial charge < -0.3 is 15.0 Å². The Balaban J connectivity index is 2.91. The second-order valence-corrected chi connectivity index (χ2v) is 4.38. The number of rotatable bonds is 6. The first-order valence-corrected chi connectivity index (χ1v) is 6.25. The molecule has 0 fully saturated rings. The number of nitrogens with one attached hydrogen (secondary N) is 1. The van der Waals surface area contributed by atoms with Gasteiger partial charge in [-0.25, -0.2) is 0 Å². The van der Waals surface area contributed by atoms with Crippen LogP contribution in [-0.2, 0) is 4.74 Å². The summed E-state index contributed by atoms with van der Waals surface area (Å²) < 4.78 is 4.96. The zero-order valence-corrected chi connectivity index (χ0v) is 11.8. The average molecular weight is 271 g/mol. The number of ether oxygens (including phenoxy) is 1. The summed E-state index contributed by atoms with van der Waals surface area (Å²) in [6, 6.07) is 5.28. The molecule has 0 bridgehead atoms. The molecule has 0 spiro atoms. The Labute approximate surface area is 113 Å². The van der Waals surface area contributed by atoms with Crippen LogP contribution in [0.25, 0.3) is 0 Å². The van der Waals surface area contributed by atoms with Crippen molar-refractivity contribution >= 4 is 23.2 Å². The van der Waals surface area contributed by atoms with Crippen molar-refractivity contribution in [1.29, 1.82) is 0 Å². The molecule has 0 atom stereocenters. The highest BCUT2D eigenvalue weighted by molar-refractivity contribution is 6.31. The van der Waals surface area contributed by atoms with E-state index in [2.05, 4.69) is 5.32 Å². The Hall–Kier alpha value is -1.26. The molecule has 1 N–H and O–H groups in total. The number of likely N-dealkylation sites (N-methyl/N-ethyl adjacent to an activating group) is 1. The van der Waals surface area contributed by atoms with Crippen molar-refractivity contribution in [2.24, 2.45) is 0 Å². The van der Waals surface area contributed by atoms with Crippen LogP contribution in [-0.4, -0.2) is 44.7 Å². The van der Waals surface area contributed by atoms with Crippen LogP contribution in [0.15, 0.2) is 18.2 Å². The van der Waals surface area contributed by atoms with Crippen molar-refractivity contribution in [2.75, 3.05) is 39.2 Å². The number of carbonyl (C=O) groups is 1. The van der Waals surface area contributed by atoms with E-state index >= 15 is 0 Å². The normalized spacial score (nSPS) is 10.2. The summed E-state index contributed by atoms with van der Waals surface area (Å²) in [5, 5.41) is 3.71. The lowest BCUT2D eigenvalue weighted by Gasteiger charge is -2.19. The molecular formula is C13H19ClN2O2. The van der Waals surface area contributed by atoms with Crippen molar-refractivity contribution in [1.82, 2.24) is 4.90 Å². The molecule has 1 aromatic carbocycles. The van der Waals surface area contributed by atoms with Crippen LogP contribution in [0.1, 0.15) is 17.3 Å². The fourth-order valence-corrected chi connectivity index (χ4v) is 1.75. The van der Waals surface area contributed by atoms with Crippen molar-refractivity contribution in [2.45, 2.75) is 6.92 Å². The van der Waals surface area contributed by atoms with Gasteiger partial charge in [0.15, 0.2) is 0 Å². The molecule has 0 heterocycles. The molecule has 100 valence electrons. The highest BCUT2D eigenvalue weighted by Gasteiger charge is 2.15. The number of carbonyl (C=O) groups excluding carboxylic acids is 1. The van der Waals surface area contributed by atoms with Gasteiger partial charge >= 0.3 is 0 Å². The SMILES string of the molecule is CCNc1ccc(Cl)cc1C(=O)N(C)CCOC. The summed E-state index contributed by atoms with van der Waals surface area (Å²) in [4.78, 5) is 13.9. The van der Waals surface area contributed by atoms with Gasteiger partial charge in [-0.2, -0.15) is 0 Å². The Kier molecular flexibility index (Phi) is 5.95. The minimum Gasteiger partial charge on any atom is -0.385 e. The predicted octanol–water partition coefficient (Wildman–Crippen LogP) is 2.49. The lowest BCUT2D eigenvalue weighted by Crippen LogP contribution is -2.30. The molecule has 0 aliphatic rings. The highest BCUT2D eigenvalue weighted by Crippen LogP contribution is 2.21. The summed E-state index contributed by atoms with van der Waals surface area (Å²) in [6.45, 7) is 3.80. The number of hydrogen-bond donors (Lipinski definition) is 1. The first-order chi connectivity index (χ1) is 8.60. The summed E-state index contributed by atoms with van der Waals surface area (Å²) in [7, 11) is 3.36. The van der Waals surface area contributed by atoms with Crippen LogP contribution in [0.3, 0.4) is 0 Å². The van der Waals surface area contributed by atoms with Crippen LogP contribution in [0.2, 0.25) is 5.02 Å². The van der Waals surface area contributed by atoms with E-state index in [9.17, 15) is 4.79 Å². The topological polar surface area (TPSA) is 41.6 Å². The minimum atomic E-state index is -0.0644. The molecule has 5 heteroatoms. The molecular weight excluding hydrogens is 252 g/mol. The summed E-state index contributed by atoms with van der Waals surface area (Å²) in [5.74, 6) is -0.0644. The molecule has 18 heavy (non-hydrogen) atoms. The Bertz CT molecular complexity index is 410.